The zero-order valence-electron chi connectivity index (χ0n) is 3.12. The summed E-state index contributed by atoms with van der Waals surface area (Å²) in [6.45, 7) is 0. The Labute approximate surface area is 64.1 Å². The fraction of sp³-hybridized carbons (Fsp3) is 1.00. The van der Waals surface area contributed by atoms with E-state index in [1.54, 1.807) is 11.8 Å². The molecule has 0 amide bonds. The minimum absolute atomic E-state index is 0. The van der Waals surface area contributed by atoms with Crippen LogP contribution in [0.1, 0.15) is 0 Å². The molecule has 0 fully saturated rings. The largest absolute Gasteiger partial charge is 2.00 e. The molecular formula is C2H14B2MgS. The third-order valence-corrected chi connectivity index (χ3v) is 0. The summed E-state index contributed by atoms with van der Waals surface area (Å²) < 4.78 is 0. The summed E-state index contributed by atoms with van der Waals surface area (Å²) in [6, 6.07) is 0. The second-order valence-corrected chi connectivity index (χ2v) is 1.22. The van der Waals surface area contributed by atoms with E-state index in [4.69, 9.17) is 0 Å². The van der Waals surface area contributed by atoms with Crippen molar-refractivity contribution in [3.8, 4) is 0 Å². The van der Waals surface area contributed by atoms with Crippen molar-refractivity contribution >= 4 is 51.6 Å². The minimum atomic E-state index is 0. The number of thioether (sulfide) groups is 1. The molecular weight excluding hydrogens is 102 g/mol. The van der Waals surface area contributed by atoms with Crippen LogP contribution >= 0.6 is 11.8 Å². The van der Waals surface area contributed by atoms with Crippen molar-refractivity contribution in [1.82, 2.24) is 0 Å². The van der Waals surface area contributed by atoms with Crippen LogP contribution in [0.3, 0.4) is 0 Å². The van der Waals surface area contributed by atoms with Crippen molar-refractivity contribution in [2.45, 2.75) is 0 Å². The first-order valence-electron chi connectivity index (χ1n) is 0.816. The molecule has 4 heteroatoms. The van der Waals surface area contributed by atoms with Crippen LogP contribution in [-0.2, 0) is 0 Å². The fourth-order valence-electron chi connectivity index (χ4n) is 0. The van der Waals surface area contributed by atoms with Gasteiger partial charge in [0.1, 0.15) is 0 Å². The maximum atomic E-state index is 2.04. The van der Waals surface area contributed by atoms with Gasteiger partial charge in [-0.3, -0.25) is 0 Å². The Bertz CT molecular complexity index is 11.5. The van der Waals surface area contributed by atoms with Crippen LogP contribution in [0.4, 0.5) is 0 Å². The first-order valence-corrected chi connectivity index (χ1v) is 2.45. The second kappa shape index (κ2) is 34.1. The molecule has 0 unspecified atom stereocenters. The molecule has 0 aliphatic carbocycles. The predicted molar refractivity (Wildman–Crippen MR) is 47.9 cm³/mol. The molecule has 0 N–H and O–H groups in total. The van der Waals surface area contributed by atoms with Crippen LogP contribution in [0.2, 0.25) is 0 Å². The van der Waals surface area contributed by atoms with Gasteiger partial charge in [0.05, 0.1) is 0 Å². The van der Waals surface area contributed by atoms with E-state index in [0.29, 0.717) is 0 Å². The van der Waals surface area contributed by atoms with Gasteiger partial charge in [0.15, 0.2) is 0 Å². The maximum absolute atomic E-state index is 2.04. The van der Waals surface area contributed by atoms with Crippen LogP contribution in [0.15, 0.2) is 0 Å². The molecule has 0 radical (unpaired) electrons. The summed E-state index contributed by atoms with van der Waals surface area (Å²) in [5.41, 5.74) is 0. The Morgan fingerprint density at radius 3 is 1.00 bits per heavy atom. The van der Waals surface area contributed by atoms with E-state index in [0.717, 1.165) is 0 Å². The van der Waals surface area contributed by atoms with E-state index in [1.165, 1.54) is 0 Å². The van der Waals surface area contributed by atoms with Gasteiger partial charge in [-0.1, -0.05) is 16.8 Å². The standard InChI is InChI=1S/C2H6S.2BH4.Mg/c1-3-2;;;/h1-2H3;2*1H4;/q;2*-1;+2. The van der Waals surface area contributed by atoms with Gasteiger partial charge in [-0.15, -0.1) is 0 Å². The molecule has 0 heterocycles. The fourth-order valence-corrected chi connectivity index (χ4v) is 0. The van der Waals surface area contributed by atoms with Crippen molar-refractivity contribution in [2.75, 3.05) is 12.5 Å². The molecule has 0 aromatic carbocycles. The van der Waals surface area contributed by atoms with E-state index in [1.807, 2.05) is 12.5 Å². The monoisotopic (exact) mass is 116 g/mol. The maximum Gasteiger partial charge on any atom is 2.00 e. The predicted octanol–water partition coefficient (Wildman–Crippen LogP) is -2.30. The molecule has 0 atom stereocenters. The number of hydrogen-bond acceptors (Lipinski definition) is 1. The van der Waals surface area contributed by atoms with Gasteiger partial charge in [0.25, 0.3) is 0 Å². The van der Waals surface area contributed by atoms with Crippen LogP contribution < -0.4 is 0 Å². The Morgan fingerprint density at radius 2 is 1.00 bits per heavy atom. The summed E-state index contributed by atoms with van der Waals surface area (Å²) in [7, 11) is 0. The topological polar surface area (TPSA) is 0 Å². The van der Waals surface area contributed by atoms with Gasteiger partial charge in [-0.05, 0) is 12.5 Å². The molecule has 0 saturated carbocycles. The van der Waals surface area contributed by atoms with Gasteiger partial charge in [-0.25, -0.2) is 0 Å². The Balaban J connectivity index is -0.00000000667. The van der Waals surface area contributed by atoms with E-state index >= 15 is 0 Å². The zero-order chi connectivity index (χ0) is 2.71. The van der Waals surface area contributed by atoms with Gasteiger partial charge < -0.3 is 0 Å². The number of rotatable bonds is 0. The molecule has 0 nitrogen and oxygen atoms in total. The molecule has 36 valence electrons. The van der Waals surface area contributed by atoms with Crippen LogP contribution in [0.25, 0.3) is 0 Å². The van der Waals surface area contributed by atoms with E-state index < -0.39 is 0 Å². The van der Waals surface area contributed by atoms with Gasteiger partial charge in [0.2, 0.25) is 0 Å². The third kappa shape index (κ3) is 60.9. The molecule has 6 heavy (non-hydrogen) atoms. The Kier molecular flexibility index (Phi) is 152. The summed E-state index contributed by atoms with van der Waals surface area (Å²) in [4.78, 5) is 0. The molecule has 0 bridgehead atoms. The summed E-state index contributed by atoms with van der Waals surface area (Å²) >= 11 is 1.75. The van der Waals surface area contributed by atoms with Crippen molar-refractivity contribution in [3.63, 3.8) is 0 Å². The van der Waals surface area contributed by atoms with Crippen molar-refractivity contribution in [2.24, 2.45) is 0 Å². The molecule has 0 rings (SSSR count). The zero-order valence-corrected chi connectivity index (χ0v) is 5.35. The van der Waals surface area contributed by atoms with E-state index in [9.17, 15) is 0 Å². The molecule has 0 aliphatic rings. The Hall–Kier alpha value is 1.25. The average Bonchev–Trinajstić information content (AvgIpc) is 0.918. The average molecular weight is 116 g/mol. The van der Waals surface area contributed by atoms with E-state index in [2.05, 4.69) is 0 Å². The smallest absolute Gasteiger partial charge is 0.169 e. The van der Waals surface area contributed by atoms with Crippen LogP contribution in [0.5, 0.6) is 0 Å². The molecule has 0 aromatic rings. The van der Waals surface area contributed by atoms with Crippen molar-refractivity contribution in [1.29, 1.82) is 0 Å². The van der Waals surface area contributed by atoms with Crippen molar-refractivity contribution in [3.05, 3.63) is 0 Å². The van der Waals surface area contributed by atoms with E-state index in [-0.39, 0.29) is 39.9 Å². The molecule has 0 aromatic heterocycles. The SMILES string of the molecule is CSC.[BH4-].[BH4-].[Mg+2]. The summed E-state index contributed by atoms with van der Waals surface area (Å²) in [6.07, 6.45) is 4.08. The van der Waals surface area contributed by atoms with Gasteiger partial charge in [-0.2, -0.15) is 11.8 Å². The first kappa shape index (κ1) is 26.8. The van der Waals surface area contributed by atoms with Crippen LogP contribution in [0, 0.1) is 0 Å². The van der Waals surface area contributed by atoms with Crippen molar-refractivity contribution < 1.29 is 0 Å². The summed E-state index contributed by atoms with van der Waals surface area (Å²) in [5, 5.41) is 0. The number of hydrogen-bond donors (Lipinski definition) is 0. The van der Waals surface area contributed by atoms with Gasteiger partial charge in [0, 0.05) is 0 Å². The third-order valence-electron chi connectivity index (χ3n) is 0. The normalized spacial score (nSPS) is 3.00. The molecule has 0 spiro atoms. The minimum Gasteiger partial charge on any atom is -0.169 e. The van der Waals surface area contributed by atoms with Crippen LogP contribution in [-0.4, -0.2) is 52.4 Å². The molecule has 0 aliphatic heterocycles. The Morgan fingerprint density at radius 1 is 1.00 bits per heavy atom. The summed E-state index contributed by atoms with van der Waals surface area (Å²) in [5.74, 6) is 0. The van der Waals surface area contributed by atoms with Gasteiger partial charge >= 0.3 is 23.1 Å². The molecule has 0 saturated heterocycles. The first-order chi connectivity index (χ1) is 1.41. The second-order valence-electron chi connectivity index (χ2n) is 0.408. The quantitative estimate of drug-likeness (QED) is 0.321.